The first-order valence-corrected chi connectivity index (χ1v) is 4.95. The second-order valence-electron chi connectivity index (χ2n) is 4.47. The van der Waals surface area contributed by atoms with Crippen molar-refractivity contribution in [3.8, 4) is 0 Å². The quantitative estimate of drug-likeness (QED) is 0.811. The van der Waals surface area contributed by atoms with Crippen molar-refractivity contribution in [2.24, 2.45) is 7.05 Å². The molecular weight excluding hydrogens is 192 g/mol. The van der Waals surface area contributed by atoms with Gasteiger partial charge < -0.3 is 14.6 Å². The molecule has 0 saturated heterocycles. The standard InChI is InChI=1S/C11H18N2O2/c1-11(2,3)15-10(14)12-8-9-6-5-7-13(9)4/h5-7H,8H2,1-4H3,(H,12,14). The summed E-state index contributed by atoms with van der Waals surface area (Å²) in [6.07, 6.45) is 1.55. The third-order valence-corrected chi connectivity index (χ3v) is 1.86. The highest BCUT2D eigenvalue weighted by molar-refractivity contribution is 5.67. The summed E-state index contributed by atoms with van der Waals surface area (Å²) in [6, 6.07) is 3.89. The fourth-order valence-corrected chi connectivity index (χ4v) is 1.16. The van der Waals surface area contributed by atoms with Crippen LogP contribution in [0.2, 0.25) is 0 Å². The number of ether oxygens (including phenoxy) is 1. The maximum atomic E-state index is 11.3. The van der Waals surface area contributed by atoms with Crippen LogP contribution in [0, 0.1) is 0 Å². The number of aryl methyl sites for hydroxylation is 1. The normalized spacial score (nSPS) is 11.2. The molecule has 1 heterocycles. The molecule has 1 N–H and O–H groups in total. The van der Waals surface area contributed by atoms with Crippen LogP contribution in [0.15, 0.2) is 18.3 Å². The van der Waals surface area contributed by atoms with Gasteiger partial charge in [0.2, 0.25) is 0 Å². The summed E-state index contributed by atoms with van der Waals surface area (Å²) in [6.45, 7) is 6.01. The molecule has 1 amide bonds. The summed E-state index contributed by atoms with van der Waals surface area (Å²) in [7, 11) is 1.94. The molecule has 1 rings (SSSR count). The van der Waals surface area contributed by atoms with Crippen LogP contribution in [0.3, 0.4) is 0 Å². The van der Waals surface area contributed by atoms with Crippen LogP contribution in [-0.4, -0.2) is 16.3 Å². The van der Waals surface area contributed by atoms with E-state index in [1.54, 1.807) is 0 Å². The number of alkyl carbamates (subject to hydrolysis) is 1. The van der Waals surface area contributed by atoms with Crippen molar-refractivity contribution in [3.05, 3.63) is 24.0 Å². The number of hydrogen-bond acceptors (Lipinski definition) is 2. The Morgan fingerprint density at radius 2 is 2.20 bits per heavy atom. The van der Waals surface area contributed by atoms with Gasteiger partial charge in [-0.15, -0.1) is 0 Å². The Morgan fingerprint density at radius 3 is 2.67 bits per heavy atom. The average Bonchev–Trinajstić information content (AvgIpc) is 2.44. The Kier molecular flexibility index (Phi) is 3.39. The van der Waals surface area contributed by atoms with Gasteiger partial charge in [0.15, 0.2) is 0 Å². The fourth-order valence-electron chi connectivity index (χ4n) is 1.16. The van der Waals surface area contributed by atoms with Crippen LogP contribution in [0.1, 0.15) is 26.5 Å². The van der Waals surface area contributed by atoms with Gasteiger partial charge >= 0.3 is 6.09 Å². The molecule has 0 aromatic carbocycles. The van der Waals surface area contributed by atoms with Gasteiger partial charge in [0, 0.05) is 18.9 Å². The summed E-state index contributed by atoms with van der Waals surface area (Å²) >= 11 is 0. The third kappa shape index (κ3) is 4.06. The molecule has 15 heavy (non-hydrogen) atoms. The SMILES string of the molecule is Cn1cccc1CNC(=O)OC(C)(C)C. The Hall–Kier alpha value is -1.45. The van der Waals surface area contributed by atoms with Crippen LogP contribution in [0.5, 0.6) is 0 Å². The van der Waals surface area contributed by atoms with Crippen molar-refractivity contribution >= 4 is 6.09 Å². The zero-order chi connectivity index (χ0) is 11.5. The highest BCUT2D eigenvalue weighted by Gasteiger charge is 2.15. The Bertz CT molecular complexity index is 337. The van der Waals surface area contributed by atoms with Crippen LogP contribution < -0.4 is 5.32 Å². The number of rotatable bonds is 2. The lowest BCUT2D eigenvalue weighted by Crippen LogP contribution is -2.32. The largest absolute Gasteiger partial charge is 0.444 e. The van der Waals surface area contributed by atoms with Crippen LogP contribution in [-0.2, 0) is 18.3 Å². The van der Waals surface area contributed by atoms with Crippen molar-refractivity contribution in [2.75, 3.05) is 0 Å². The molecule has 0 aliphatic heterocycles. The molecule has 4 heteroatoms. The van der Waals surface area contributed by atoms with E-state index in [0.717, 1.165) is 5.69 Å². The van der Waals surface area contributed by atoms with E-state index in [4.69, 9.17) is 4.74 Å². The summed E-state index contributed by atoms with van der Waals surface area (Å²) in [5.74, 6) is 0. The molecule has 0 radical (unpaired) electrons. The lowest BCUT2D eigenvalue weighted by Gasteiger charge is -2.19. The van der Waals surface area contributed by atoms with Gasteiger partial charge in [-0.1, -0.05) is 0 Å². The first kappa shape index (κ1) is 11.6. The van der Waals surface area contributed by atoms with E-state index >= 15 is 0 Å². The van der Waals surface area contributed by atoms with Gasteiger partial charge in [0.25, 0.3) is 0 Å². The average molecular weight is 210 g/mol. The Morgan fingerprint density at radius 1 is 1.53 bits per heavy atom. The number of carbonyl (C=O) groups is 1. The van der Waals surface area contributed by atoms with Crippen molar-refractivity contribution in [1.82, 2.24) is 9.88 Å². The molecule has 0 saturated carbocycles. The van der Waals surface area contributed by atoms with Crippen LogP contribution in [0.25, 0.3) is 0 Å². The maximum Gasteiger partial charge on any atom is 0.407 e. The zero-order valence-electron chi connectivity index (χ0n) is 9.70. The minimum atomic E-state index is -0.446. The van der Waals surface area contributed by atoms with Gasteiger partial charge in [-0.3, -0.25) is 0 Å². The van der Waals surface area contributed by atoms with Crippen LogP contribution >= 0.6 is 0 Å². The lowest BCUT2D eigenvalue weighted by atomic mass is 10.2. The predicted octanol–water partition coefficient (Wildman–Crippen LogP) is 2.05. The summed E-state index contributed by atoms with van der Waals surface area (Å²) in [5.41, 5.74) is 0.596. The summed E-state index contributed by atoms with van der Waals surface area (Å²) in [5, 5.41) is 2.70. The van der Waals surface area contributed by atoms with Gasteiger partial charge in [0.1, 0.15) is 5.60 Å². The minimum Gasteiger partial charge on any atom is -0.444 e. The number of nitrogens with zero attached hydrogens (tertiary/aromatic N) is 1. The molecular formula is C11H18N2O2. The zero-order valence-corrected chi connectivity index (χ0v) is 9.70. The maximum absolute atomic E-state index is 11.3. The van der Waals surface area contributed by atoms with E-state index < -0.39 is 5.60 Å². The van der Waals surface area contributed by atoms with E-state index in [2.05, 4.69) is 5.32 Å². The van der Waals surface area contributed by atoms with Crippen molar-refractivity contribution in [1.29, 1.82) is 0 Å². The lowest BCUT2D eigenvalue weighted by molar-refractivity contribution is 0.0522. The molecule has 1 aromatic heterocycles. The number of carbonyl (C=O) groups excluding carboxylic acids is 1. The first-order chi connectivity index (χ1) is 6.88. The third-order valence-electron chi connectivity index (χ3n) is 1.86. The van der Waals surface area contributed by atoms with Crippen LogP contribution in [0.4, 0.5) is 4.79 Å². The molecule has 0 fully saturated rings. The highest BCUT2D eigenvalue weighted by Crippen LogP contribution is 2.07. The molecule has 0 spiro atoms. The van der Waals surface area contributed by atoms with E-state index in [-0.39, 0.29) is 6.09 Å². The molecule has 84 valence electrons. The summed E-state index contributed by atoms with van der Waals surface area (Å²) < 4.78 is 7.07. The molecule has 1 aromatic rings. The van der Waals surface area contributed by atoms with Crippen molar-refractivity contribution < 1.29 is 9.53 Å². The Labute approximate surface area is 90.2 Å². The van der Waals surface area contributed by atoms with Crippen molar-refractivity contribution in [2.45, 2.75) is 32.9 Å². The number of nitrogens with one attached hydrogen (secondary N) is 1. The fraction of sp³-hybridized carbons (Fsp3) is 0.545. The van der Waals surface area contributed by atoms with E-state index in [1.165, 1.54) is 0 Å². The minimum absolute atomic E-state index is 0.385. The smallest absolute Gasteiger partial charge is 0.407 e. The van der Waals surface area contributed by atoms with Gasteiger partial charge in [-0.05, 0) is 32.9 Å². The molecule has 0 atom stereocenters. The van der Waals surface area contributed by atoms with E-state index in [0.29, 0.717) is 6.54 Å². The van der Waals surface area contributed by atoms with E-state index in [1.807, 2.05) is 50.7 Å². The van der Waals surface area contributed by atoms with Gasteiger partial charge in [-0.2, -0.15) is 0 Å². The molecule has 0 unspecified atom stereocenters. The number of amides is 1. The molecule has 0 aliphatic carbocycles. The topological polar surface area (TPSA) is 43.3 Å². The van der Waals surface area contributed by atoms with Crippen molar-refractivity contribution in [3.63, 3.8) is 0 Å². The number of hydrogen-bond donors (Lipinski definition) is 1. The second-order valence-corrected chi connectivity index (χ2v) is 4.47. The second kappa shape index (κ2) is 4.38. The molecule has 0 aliphatic rings. The number of aromatic nitrogens is 1. The Balaban J connectivity index is 2.38. The van der Waals surface area contributed by atoms with Gasteiger partial charge in [-0.25, -0.2) is 4.79 Å². The van der Waals surface area contributed by atoms with E-state index in [9.17, 15) is 4.79 Å². The van der Waals surface area contributed by atoms with Gasteiger partial charge in [0.05, 0.1) is 6.54 Å². The predicted molar refractivity (Wildman–Crippen MR) is 58.5 cm³/mol. The first-order valence-electron chi connectivity index (χ1n) is 4.95. The molecule has 4 nitrogen and oxygen atoms in total. The molecule has 0 bridgehead atoms. The monoisotopic (exact) mass is 210 g/mol. The highest BCUT2D eigenvalue weighted by atomic mass is 16.6. The summed E-state index contributed by atoms with van der Waals surface area (Å²) in [4.78, 5) is 11.3.